The van der Waals surface area contributed by atoms with E-state index in [1.165, 1.54) is 10.2 Å². The predicted molar refractivity (Wildman–Crippen MR) is 129 cm³/mol. The Balaban J connectivity index is 0.000000196. The van der Waals surface area contributed by atoms with Gasteiger partial charge in [-0.25, -0.2) is 0 Å². The number of esters is 1. The Morgan fingerprint density at radius 1 is 1.13 bits per heavy atom. The first-order valence-corrected chi connectivity index (χ1v) is 11.4. The van der Waals surface area contributed by atoms with E-state index in [2.05, 4.69) is 42.0 Å². The third kappa shape index (κ3) is 5.63. The lowest BCUT2D eigenvalue weighted by Crippen LogP contribution is -2.26. The average molecular weight is 576 g/mol. The second kappa shape index (κ2) is 9.39. The highest BCUT2D eigenvalue weighted by Gasteiger charge is 2.17. The fourth-order valence-corrected chi connectivity index (χ4v) is 3.92. The summed E-state index contributed by atoms with van der Waals surface area (Å²) in [5, 5.41) is 6.46. The fraction of sp³-hybridized carbons (Fsp3) is 0.286. The van der Waals surface area contributed by atoms with E-state index in [9.17, 15) is 4.79 Å². The molecule has 0 radical (unpaired) electrons. The molecule has 5 nitrogen and oxygen atoms in total. The van der Waals surface area contributed by atoms with Gasteiger partial charge in [0.1, 0.15) is 12.1 Å². The van der Waals surface area contributed by atoms with Crippen LogP contribution in [0.3, 0.4) is 0 Å². The number of aliphatic imine (C=N–C) groups is 1. The highest BCUT2D eigenvalue weighted by atomic mass is 79.9. The largest absolute Gasteiger partial charge is 0.459 e. The van der Waals surface area contributed by atoms with E-state index < -0.39 is 5.60 Å². The van der Waals surface area contributed by atoms with E-state index in [1.54, 1.807) is 6.20 Å². The Morgan fingerprint density at radius 2 is 1.80 bits per heavy atom. The zero-order chi connectivity index (χ0) is 22.1. The maximum absolute atomic E-state index is 11.7. The van der Waals surface area contributed by atoms with Gasteiger partial charge in [-0.3, -0.25) is 14.5 Å². The first-order chi connectivity index (χ1) is 14.0. The van der Waals surface area contributed by atoms with Crippen molar-refractivity contribution in [1.82, 2.24) is 9.78 Å². The number of rotatable bonds is 2. The van der Waals surface area contributed by atoms with Crippen molar-refractivity contribution < 1.29 is 9.53 Å². The standard InChI is InChI=1S/C13H14BrClN2O2.C8H5BrClN/c1-13(2,3)19-11(18)7-17-6-8-10(16-17)5-4-9(14)12(8)15;9-7-2-1-5-3-11-4-6(5)8(7)10/h4-6H,7H2,1-3H3;1-2,4H,3H2. The number of hydrogen-bond donors (Lipinski definition) is 0. The second-order valence-electron chi connectivity index (χ2n) is 7.61. The molecule has 0 fully saturated rings. The Kier molecular flexibility index (Phi) is 7.28. The summed E-state index contributed by atoms with van der Waals surface area (Å²) in [6, 6.07) is 7.67. The van der Waals surface area contributed by atoms with Crippen LogP contribution in [-0.4, -0.2) is 27.6 Å². The molecule has 0 amide bonds. The Labute approximate surface area is 201 Å². The van der Waals surface area contributed by atoms with Crippen molar-refractivity contribution in [2.24, 2.45) is 4.99 Å². The SMILES string of the molecule is CC(C)(C)OC(=O)Cn1cc2c(Cl)c(Br)ccc2n1.Clc1c(Br)ccc2c1C=NC2. The van der Waals surface area contributed by atoms with Crippen LogP contribution in [0, 0.1) is 0 Å². The molecule has 2 aromatic carbocycles. The van der Waals surface area contributed by atoms with E-state index in [1.807, 2.05) is 51.3 Å². The third-order valence-electron chi connectivity index (χ3n) is 4.04. The van der Waals surface area contributed by atoms with Crippen LogP contribution in [0.2, 0.25) is 10.0 Å². The van der Waals surface area contributed by atoms with Crippen molar-refractivity contribution in [3.05, 3.63) is 60.6 Å². The number of carbonyl (C=O) groups is 1. The average Bonchev–Trinajstić information content (AvgIpc) is 3.28. The molecule has 1 aromatic heterocycles. The summed E-state index contributed by atoms with van der Waals surface area (Å²) in [7, 11) is 0. The Hall–Kier alpha value is -1.41. The summed E-state index contributed by atoms with van der Waals surface area (Å²) in [6.07, 6.45) is 3.56. The van der Waals surface area contributed by atoms with E-state index in [4.69, 9.17) is 27.9 Å². The molecule has 158 valence electrons. The minimum absolute atomic E-state index is 0.0693. The number of benzene rings is 2. The van der Waals surface area contributed by atoms with Crippen molar-refractivity contribution in [2.45, 2.75) is 39.5 Å². The molecule has 0 saturated heterocycles. The van der Waals surface area contributed by atoms with E-state index in [0.717, 1.165) is 37.0 Å². The number of nitrogens with zero attached hydrogens (tertiary/aromatic N) is 3. The third-order valence-corrected chi connectivity index (χ3v) is 6.63. The van der Waals surface area contributed by atoms with Crippen molar-refractivity contribution in [1.29, 1.82) is 0 Å². The molecule has 0 aliphatic carbocycles. The molecule has 0 N–H and O–H groups in total. The molecule has 0 unspecified atom stereocenters. The van der Waals surface area contributed by atoms with Gasteiger partial charge in [-0.2, -0.15) is 5.10 Å². The predicted octanol–water partition coefficient (Wildman–Crippen LogP) is 6.83. The fourth-order valence-electron chi connectivity index (χ4n) is 2.79. The van der Waals surface area contributed by atoms with Crippen molar-refractivity contribution in [2.75, 3.05) is 0 Å². The van der Waals surface area contributed by atoms with Gasteiger partial charge in [-0.1, -0.05) is 29.3 Å². The summed E-state index contributed by atoms with van der Waals surface area (Å²) in [6.45, 7) is 6.33. The first kappa shape index (κ1) is 23.3. The van der Waals surface area contributed by atoms with Crippen molar-refractivity contribution in [3.63, 3.8) is 0 Å². The molecular formula is C21H19Br2Cl2N3O2. The smallest absolute Gasteiger partial charge is 0.328 e. The highest BCUT2D eigenvalue weighted by Crippen LogP contribution is 2.31. The molecule has 2 heterocycles. The first-order valence-electron chi connectivity index (χ1n) is 9.05. The normalized spacial score (nSPS) is 12.5. The number of hydrogen-bond acceptors (Lipinski definition) is 4. The highest BCUT2D eigenvalue weighted by molar-refractivity contribution is 9.10. The minimum atomic E-state index is -0.496. The Bertz CT molecular complexity index is 1140. The molecule has 0 spiro atoms. The zero-order valence-corrected chi connectivity index (χ0v) is 21.2. The lowest BCUT2D eigenvalue weighted by Gasteiger charge is -2.19. The van der Waals surface area contributed by atoms with Gasteiger partial charge in [0.2, 0.25) is 0 Å². The van der Waals surface area contributed by atoms with E-state index in [-0.39, 0.29) is 12.5 Å². The van der Waals surface area contributed by atoms with Gasteiger partial charge in [-0.05, 0) is 76.4 Å². The molecule has 0 saturated carbocycles. The lowest BCUT2D eigenvalue weighted by molar-refractivity contribution is -0.155. The van der Waals surface area contributed by atoms with Crippen molar-refractivity contribution in [3.8, 4) is 0 Å². The summed E-state index contributed by atoms with van der Waals surface area (Å²) in [5.74, 6) is -0.324. The van der Waals surface area contributed by atoms with Crippen LogP contribution in [0.4, 0.5) is 0 Å². The van der Waals surface area contributed by atoms with Gasteiger partial charge < -0.3 is 4.74 Å². The molecule has 1 aliphatic rings. The summed E-state index contributed by atoms with van der Waals surface area (Å²) in [5.41, 5.74) is 2.51. The number of ether oxygens (including phenoxy) is 1. The van der Waals surface area contributed by atoms with Gasteiger partial charge in [0.25, 0.3) is 0 Å². The van der Waals surface area contributed by atoms with Gasteiger partial charge in [-0.15, -0.1) is 0 Å². The summed E-state index contributed by atoms with van der Waals surface area (Å²) >= 11 is 18.9. The maximum atomic E-state index is 11.7. The molecule has 4 rings (SSSR count). The van der Waals surface area contributed by atoms with Gasteiger partial charge in [0.05, 0.1) is 22.1 Å². The van der Waals surface area contributed by atoms with Gasteiger partial charge >= 0.3 is 5.97 Å². The monoisotopic (exact) mass is 573 g/mol. The number of fused-ring (bicyclic) bond motifs is 2. The van der Waals surface area contributed by atoms with Gasteiger partial charge in [0, 0.05) is 32.3 Å². The lowest BCUT2D eigenvalue weighted by atomic mass is 10.1. The van der Waals surface area contributed by atoms with E-state index in [0.29, 0.717) is 5.02 Å². The number of carbonyl (C=O) groups excluding carboxylic acids is 1. The summed E-state index contributed by atoms with van der Waals surface area (Å²) < 4.78 is 8.53. The molecule has 3 aromatic rings. The van der Waals surface area contributed by atoms with Crippen molar-refractivity contribution >= 4 is 78.1 Å². The topological polar surface area (TPSA) is 56.5 Å². The van der Waals surface area contributed by atoms with Crippen LogP contribution < -0.4 is 0 Å². The maximum Gasteiger partial charge on any atom is 0.328 e. The molecule has 30 heavy (non-hydrogen) atoms. The molecule has 0 bridgehead atoms. The zero-order valence-electron chi connectivity index (χ0n) is 16.5. The molecule has 1 aliphatic heterocycles. The van der Waals surface area contributed by atoms with Crippen LogP contribution in [0.1, 0.15) is 31.9 Å². The van der Waals surface area contributed by atoms with Crippen LogP contribution in [0.25, 0.3) is 10.9 Å². The Morgan fingerprint density at radius 3 is 2.50 bits per heavy atom. The number of aromatic nitrogens is 2. The number of halogens is 4. The van der Waals surface area contributed by atoms with E-state index >= 15 is 0 Å². The van der Waals surface area contributed by atoms with Crippen LogP contribution in [0.5, 0.6) is 0 Å². The molecular weight excluding hydrogens is 557 g/mol. The quantitative estimate of drug-likeness (QED) is 0.315. The molecule has 0 atom stereocenters. The van der Waals surface area contributed by atoms with Crippen LogP contribution in [0.15, 0.2) is 44.4 Å². The minimum Gasteiger partial charge on any atom is -0.459 e. The molecule has 9 heteroatoms. The second-order valence-corrected chi connectivity index (χ2v) is 10.1. The van der Waals surface area contributed by atoms with Crippen LogP contribution >= 0.6 is 55.1 Å². The van der Waals surface area contributed by atoms with Gasteiger partial charge in [0.15, 0.2) is 0 Å². The summed E-state index contributed by atoms with van der Waals surface area (Å²) in [4.78, 5) is 15.9. The van der Waals surface area contributed by atoms with Crippen LogP contribution in [-0.2, 0) is 22.6 Å².